The van der Waals surface area contributed by atoms with Gasteiger partial charge in [-0.05, 0) is 48.4 Å². The van der Waals surface area contributed by atoms with E-state index in [1.54, 1.807) is 0 Å². The van der Waals surface area contributed by atoms with Crippen molar-refractivity contribution in [1.29, 1.82) is 0 Å². The van der Waals surface area contributed by atoms with Gasteiger partial charge in [-0.25, -0.2) is 4.98 Å². The van der Waals surface area contributed by atoms with Crippen molar-refractivity contribution < 1.29 is 0 Å². The largest absolute Gasteiger partial charge is 0.361 e. The van der Waals surface area contributed by atoms with Crippen LogP contribution in [0.3, 0.4) is 0 Å². The molecule has 3 heterocycles. The molecule has 0 atom stereocenters. The second kappa shape index (κ2) is 6.97. The summed E-state index contributed by atoms with van der Waals surface area (Å²) in [5, 5.41) is 1.25. The molecule has 3 aromatic rings. The second-order valence-corrected chi connectivity index (χ2v) is 8.07. The van der Waals surface area contributed by atoms with Crippen molar-refractivity contribution in [3.05, 3.63) is 63.5 Å². The van der Waals surface area contributed by atoms with Crippen LogP contribution in [0.2, 0.25) is 0 Å². The first-order chi connectivity index (χ1) is 13.3. The van der Waals surface area contributed by atoms with Crippen LogP contribution in [0.4, 0.5) is 0 Å². The first-order valence-corrected chi connectivity index (χ1v) is 10.2. The maximum Gasteiger partial charge on any atom is 0.254 e. The van der Waals surface area contributed by atoms with Crippen molar-refractivity contribution in [2.24, 2.45) is 0 Å². The number of hydrogen-bond donors (Lipinski definition) is 2. The van der Waals surface area contributed by atoms with E-state index in [1.807, 2.05) is 6.20 Å². The van der Waals surface area contributed by atoms with Gasteiger partial charge < -0.3 is 9.97 Å². The third-order valence-corrected chi connectivity index (χ3v) is 6.19. The Labute approximate surface area is 158 Å². The average Bonchev–Trinajstić information content (AvgIpc) is 3.16. The second-order valence-electron chi connectivity index (χ2n) is 8.07. The normalized spacial score (nSPS) is 18.7. The molecule has 0 radical (unpaired) electrons. The summed E-state index contributed by atoms with van der Waals surface area (Å²) in [7, 11) is 0. The summed E-state index contributed by atoms with van der Waals surface area (Å²) in [6, 6.07) is 8.70. The Morgan fingerprint density at radius 2 is 2.04 bits per heavy atom. The molecule has 140 valence electrons. The predicted octanol–water partition coefficient (Wildman–Crippen LogP) is 3.86. The van der Waals surface area contributed by atoms with E-state index in [0.717, 1.165) is 56.0 Å². The van der Waals surface area contributed by atoms with Crippen molar-refractivity contribution in [3.63, 3.8) is 0 Å². The Bertz CT molecular complexity index is 1010. The molecule has 5 rings (SSSR count). The zero-order valence-corrected chi connectivity index (χ0v) is 15.6. The van der Waals surface area contributed by atoms with Crippen LogP contribution in [-0.4, -0.2) is 26.4 Å². The average molecular weight is 362 g/mol. The molecule has 5 nitrogen and oxygen atoms in total. The lowest BCUT2D eigenvalue weighted by molar-refractivity contribution is 0.239. The molecule has 1 saturated carbocycles. The number of hydrogen-bond acceptors (Lipinski definition) is 3. The minimum Gasteiger partial charge on any atom is -0.361 e. The molecule has 2 N–H and O–H groups in total. The zero-order valence-electron chi connectivity index (χ0n) is 15.6. The standard InChI is InChI=1S/C22H26N4O/c27-22-18-9-11-26(13-15-6-7-19-17(12-15)8-10-23-19)14-20(18)24-21(25-22)16-4-2-1-3-5-16/h6-8,10,12,16,23H,1-5,9,11,13-14H2,(H,24,25,27). The van der Waals surface area contributed by atoms with E-state index in [1.165, 1.54) is 35.7 Å². The summed E-state index contributed by atoms with van der Waals surface area (Å²) in [5.74, 6) is 1.36. The highest BCUT2D eigenvalue weighted by Crippen LogP contribution is 2.31. The maximum atomic E-state index is 12.6. The Kier molecular flexibility index (Phi) is 4.32. The molecule has 1 aliphatic heterocycles. The Balaban J connectivity index is 1.37. The summed E-state index contributed by atoms with van der Waals surface area (Å²) in [4.78, 5) is 26.3. The van der Waals surface area contributed by atoms with Crippen LogP contribution < -0.4 is 5.56 Å². The number of nitrogens with zero attached hydrogens (tertiary/aromatic N) is 2. The van der Waals surface area contributed by atoms with E-state index in [0.29, 0.717) is 5.92 Å². The molecule has 0 saturated heterocycles. The van der Waals surface area contributed by atoms with Gasteiger partial charge in [-0.2, -0.15) is 0 Å². The van der Waals surface area contributed by atoms with Crippen molar-refractivity contribution in [2.75, 3.05) is 6.54 Å². The topological polar surface area (TPSA) is 64.8 Å². The number of aromatic amines is 2. The van der Waals surface area contributed by atoms with Crippen LogP contribution in [0, 0.1) is 0 Å². The van der Waals surface area contributed by atoms with Crippen molar-refractivity contribution in [3.8, 4) is 0 Å². The summed E-state index contributed by atoms with van der Waals surface area (Å²) < 4.78 is 0. The first-order valence-electron chi connectivity index (χ1n) is 10.2. The molecule has 2 aromatic heterocycles. The molecule has 1 fully saturated rings. The van der Waals surface area contributed by atoms with Gasteiger partial charge in [0.05, 0.1) is 5.69 Å². The molecular formula is C22H26N4O. The van der Waals surface area contributed by atoms with Gasteiger partial charge in [0.15, 0.2) is 0 Å². The molecule has 0 amide bonds. The summed E-state index contributed by atoms with van der Waals surface area (Å²) >= 11 is 0. The fourth-order valence-corrected chi connectivity index (χ4v) is 4.68. The molecule has 27 heavy (non-hydrogen) atoms. The SMILES string of the molecule is O=c1[nH]c(C2CCCCC2)nc2c1CCN(Cc1ccc3[nH]ccc3c1)C2. The van der Waals surface area contributed by atoms with Crippen LogP contribution in [0.25, 0.3) is 10.9 Å². The van der Waals surface area contributed by atoms with Crippen LogP contribution in [0.15, 0.2) is 35.3 Å². The molecule has 1 aliphatic carbocycles. The highest BCUT2D eigenvalue weighted by Gasteiger charge is 2.24. The highest BCUT2D eigenvalue weighted by atomic mass is 16.1. The van der Waals surface area contributed by atoms with Gasteiger partial charge in [0, 0.05) is 42.8 Å². The number of aromatic nitrogens is 3. The summed E-state index contributed by atoms with van der Waals surface area (Å²) in [6.07, 6.45) is 8.89. The third-order valence-electron chi connectivity index (χ3n) is 6.19. The van der Waals surface area contributed by atoms with E-state index < -0.39 is 0 Å². The maximum absolute atomic E-state index is 12.6. The molecule has 0 spiro atoms. The summed E-state index contributed by atoms with van der Waals surface area (Å²) in [5.41, 5.74) is 4.46. The minimum absolute atomic E-state index is 0.0916. The van der Waals surface area contributed by atoms with Gasteiger partial charge in [-0.15, -0.1) is 0 Å². The molecule has 0 unspecified atom stereocenters. The number of H-pyrrole nitrogens is 2. The van der Waals surface area contributed by atoms with E-state index in [4.69, 9.17) is 4.98 Å². The van der Waals surface area contributed by atoms with Gasteiger partial charge in [-0.1, -0.05) is 25.3 Å². The summed E-state index contributed by atoms with van der Waals surface area (Å²) in [6.45, 7) is 2.57. The minimum atomic E-state index is 0.0916. The Morgan fingerprint density at radius 3 is 2.93 bits per heavy atom. The van der Waals surface area contributed by atoms with E-state index >= 15 is 0 Å². The van der Waals surface area contributed by atoms with Gasteiger partial charge in [-0.3, -0.25) is 9.69 Å². The number of benzene rings is 1. The van der Waals surface area contributed by atoms with Gasteiger partial charge in [0.1, 0.15) is 5.82 Å². The smallest absolute Gasteiger partial charge is 0.254 e. The van der Waals surface area contributed by atoms with Crippen LogP contribution in [0.5, 0.6) is 0 Å². The number of rotatable bonds is 3. The van der Waals surface area contributed by atoms with Crippen LogP contribution in [0.1, 0.15) is 60.7 Å². The van der Waals surface area contributed by atoms with Gasteiger partial charge >= 0.3 is 0 Å². The van der Waals surface area contributed by atoms with E-state index in [9.17, 15) is 4.79 Å². The van der Waals surface area contributed by atoms with E-state index in [-0.39, 0.29) is 5.56 Å². The van der Waals surface area contributed by atoms with Gasteiger partial charge in [0.25, 0.3) is 5.56 Å². The van der Waals surface area contributed by atoms with Crippen LogP contribution in [-0.2, 0) is 19.5 Å². The fraction of sp³-hybridized carbons (Fsp3) is 0.455. The van der Waals surface area contributed by atoms with E-state index in [2.05, 4.69) is 39.1 Å². The Morgan fingerprint density at radius 1 is 1.15 bits per heavy atom. The predicted molar refractivity (Wildman–Crippen MR) is 107 cm³/mol. The van der Waals surface area contributed by atoms with Gasteiger partial charge in [0.2, 0.25) is 0 Å². The lowest BCUT2D eigenvalue weighted by Crippen LogP contribution is -2.35. The number of nitrogens with one attached hydrogen (secondary N) is 2. The Hall–Kier alpha value is -2.40. The lowest BCUT2D eigenvalue weighted by atomic mass is 9.88. The van der Waals surface area contributed by atoms with Crippen molar-refractivity contribution in [2.45, 2.75) is 57.5 Å². The zero-order chi connectivity index (χ0) is 18.2. The highest BCUT2D eigenvalue weighted by molar-refractivity contribution is 5.79. The monoisotopic (exact) mass is 362 g/mol. The van der Waals surface area contributed by atoms with Crippen LogP contribution >= 0.6 is 0 Å². The van der Waals surface area contributed by atoms with Crippen molar-refractivity contribution >= 4 is 10.9 Å². The molecular weight excluding hydrogens is 336 g/mol. The molecule has 5 heteroatoms. The molecule has 2 aliphatic rings. The first kappa shape index (κ1) is 16.8. The number of fused-ring (bicyclic) bond motifs is 2. The molecule has 0 bridgehead atoms. The fourth-order valence-electron chi connectivity index (χ4n) is 4.68. The lowest BCUT2D eigenvalue weighted by Gasteiger charge is -2.29. The van der Waals surface area contributed by atoms with Crippen molar-refractivity contribution in [1.82, 2.24) is 19.9 Å². The third kappa shape index (κ3) is 3.32. The molecule has 1 aromatic carbocycles. The quantitative estimate of drug-likeness (QED) is 0.744.